The third-order valence-electron chi connectivity index (χ3n) is 5.04. The van der Waals surface area contributed by atoms with Gasteiger partial charge in [0.15, 0.2) is 17.4 Å². The predicted molar refractivity (Wildman–Crippen MR) is 103 cm³/mol. The average molecular weight is 389 g/mol. The number of carbonyl (C=O) groups is 2. The molecule has 1 aromatic carbocycles. The number of aliphatic imine (C=N–C) groups is 1. The highest BCUT2D eigenvalue weighted by Gasteiger charge is 2.42. The lowest BCUT2D eigenvalue weighted by Crippen LogP contribution is -2.53. The fourth-order valence-corrected chi connectivity index (χ4v) is 3.61. The van der Waals surface area contributed by atoms with Crippen molar-refractivity contribution in [1.29, 1.82) is 0 Å². The number of guanidine groups is 1. The third kappa shape index (κ3) is 4.05. The molecule has 0 bridgehead atoms. The van der Waals surface area contributed by atoms with E-state index < -0.39 is 23.8 Å². The summed E-state index contributed by atoms with van der Waals surface area (Å²) in [5.41, 5.74) is 0.695. The SMILES string of the molecule is CCOC(=O)[C@H]1C(=O)NC(N2CCCCC2)=N[C@@H]1c1ccc(OC)c(OC)c1. The molecule has 0 spiro atoms. The monoisotopic (exact) mass is 389 g/mol. The number of nitrogens with one attached hydrogen (secondary N) is 1. The number of esters is 1. The van der Waals surface area contributed by atoms with Crippen LogP contribution < -0.4 is 14.8 Å². The summed E-state index contributed by atoms with van der Waals surface area (Å²) in [6, 6.07) is 4.61. The largest absolute Gasteiger partial charge is 0.493 e. The number of piperidine rings is 1. The maximum Gasteiger partial charge on any atom is 0.321 e. The summed E-state index contributed by atoms with van der Waals surface area (Å²) < 4.78 is 15.8. The first kappa shape index (κ1) is 20.0. The van der Waals surface area contributed by atoms with Crippen LogP contribution in [0.1, 0.15) is 37.8 Å². The summed E-state index contributed by atoms with van der Waals surface area (Å²) in [5.74, 6) is -0.422. The van der Waals surface area contributed by atoms with Crippen molar-refractivity contribution in [1.82, 2.24) is 10.2 Å². The third-order valence-corrected chi connectivity index (χ3v) is 5.04. The highest BCUT2D eigenvalue weighted by molar-refractivity contribution is 6.08. The maximum absolute atomic E-state index is 12.8. The lowest BCUT2D eigenvalue weighted by Gasteiger charge is -2.35. The van der Waals surface area contributed by atoms with Gasteiger partial charge in [-0.2, -0.15) is 0 Å². The molecule has 0 unspecified atom stereocenters. The number of nitrogens with zero attached hydrogens (tertiary/aromatic N) is 2. The van der Waals surface area contributed by atoms with Crippen molar-refractivity contribution in [2.24, 2.45) is 10.9 Å². The first-order valence-electron chi connectivity index (χ1n) is 9.61. The van der Waals surface area contributed by atoms with E-state index >= 15 is 0 Å². The Labute approximate surface area is 164 Å². The predicted octanol–water partition coefficient (Wildman–Crippen LogP) is 1.90. The first-order valence-corrected chi connectivity index (χ1v) is 9.61. The van der Waals surface area contributed by atoms with Crippen molar-refractivity contribution in [2.75, 3.05) is 33.9 Å². The molecular formula is C20H27N3O5. The summed E-state index contributed by atoms with van der Waals surface area (Å²) in [5, 5.41) is 2.81. The summed E-state index contributed by atoms with van der Waals surface area (Å²) >= 11 is 0. The van der Waals surface area contributed by atoms with Crippen LogP contribution in [0.2, 0.25) is 0 Å². The second-order valence-corrected chi connectivity index (χ2v) is 6.78. The number of amides is 1. The van der Waals surface area contributed by atoms with Gasteiger partial charge < -0.3 is 19.1 Å². The lowest BCUT2D eigenvalue weighted by atomic mass is 9.91. The zero-order valence-electron chi connectivity index (χ0n) is 16.6. The van der Waals surface area contributed by atoms with Crippen LogP contribution >= 0.6 is 0 Å². The number of carbonyl (C=O) groups excluding carboxylic acids is 2. The van der Waals surface area contributed by atoms with Gasteiger partial charge in [-0.1, -0.05) is 6.07 Å². The molecule has 1 saturated heterocycles. The lowest BCUT2D eigenvalue weighted by molar-refractivity contribution is -0.153. The number of hydrogen-bond donors (Lipinski definition) is 1. The van der Waals surface area contributed by atoms with Crippen molar-refractivity contribution in [3.8, 4) is 11.5 Å². The Morgan fingerprint density at radius 1 is 1.18 bits per heavy atom. The first-order chi connectivity index (χ1) is 13.6. The van der Waals surface area contributed by atoms with Gasteiger partial charge in [-0.3, -0.25) is 14.9 Å². The summed E-state index contributed by atoms with van der Waals surface area (Å²) in [6.07, 6.45) is 3.27. The van der Waals surface area contributed by atoms with Crippen molar-refractivity contribution < 1.29 is 23.8 Å². The van der Waals surface area contributed by atoms with Crippen molar-refractivity contribution in [3.05, 3.63) is 23.8 Å². The smallest absolute Gasteiger partial charge is 0.321 e. The summed E-state index contributed by atoms with van der Waals surface area (Å²) in [4.78, 5) is 32.2. The Morgan fingerprint density at radius 3 is 2.54 bits per heavy atom. The average Bonchev–Trinajstić information content (AvgIpc) is 2.73. The molecule has 2 atom stereocenters. The Morgan fingerprint density at radius 2 is 1.89 bits per heavy atom. The molecule has 152 valence electrons. The normalized spacial score (nSPS) is 22.2. The fourth-order valence-electron chi connectivity index (χ4n) is 3.61. The van der Waals surface area contributed by atoms with E-state index in [1.54, 1.807) is 39.3 Å². The fraction of sp³-hybridized carbons (Fsp3) is 0.550. The minimum absolute atomic E-state index is 0.198. The van der Waals surface area contributed by atoms with Crippen molar-refractivity contribution in [2.45, 2.75) is 32.2 Å². The molecule has 2 aliphatic heterocycles. The highest BCUT2D eigenvalue weighted by atomic mass is 16.5. The van der Waals surface area contributed by atoms with E-state index in [2.05, 4.69) is 10.2 Å². The van der Waals surface area contributed by atoms with Gasteiger partial charge in [0.1, 0.15) is 6.04 Å². The van der Waals surface area contributed by atoms with Crippen LogP contribution in [0.5, 0.6) is 11.5 Å². The van der Waals surface area contributed by atoms with E-state index in [1.807, 2.05) is 0 Å². The van der Waals surface area contributed by atoms with E-state index in [9.17, 15) is 9.59 Å². The number of ether oxygens (including phenoxy) is 3. The zero-order chi connectivity index (χ0) is 20.1. The molecule has 2 heterocycles. The second kappa shape index (κ2) is 8.95. The Hall–Kier alpha value is -2.77. The molecule has 8 nitrogen and oxygen atoms in total. The van der Waals surface area contributed by atoms with Crippen LogP contribution in [0.3, 0.4) is 0 Å². The Kier molecular flexibility index (Phi) is 6.38. The quantitative estimate of drug-likeness (QED) is 0.611. The topological polar surface area (TPSA) is 89.5 Å². The highest BCUT2D eigenvalue weighted by Crippen LogP contribution is 2.36. The molecule has 2 aliphatic rings. The molecule has 1 fully saturated rings. The van der Waals surface area contributed by atoms with E-state index in [0.717, 1.165) is 25.9 Å². The van der Waals surface area contributed by atoms with Crippen LogP contribution in [0, 0.1) is 5.92 Å². The number of hydrogen-bond acceptors (Lipinski definition) is 7. The van der Waals surface area contributed by atoms with Crippen LogP contribution in [0.25, 0.3) is 0 Å². The summed E-state index contributed by atoms with van der Waals surface area (Å²) in [7, 11) is 3.10. The standard InChI is InChI=1S/C20H27N3O5/c1-4-28-19(25)16-17(13-8-9-14(26-2)15(12-13)27-3)21-20(22-18(16)24)23-10-6-5-7-11-23/h8-9,12,16-17H,4-7,10-11H2,1-3H3,(H,21,22,24)/t16-,17-/m1/s1. The summed E-state index contributed by atoms with van der Waals surface area (Å²) in [6.45, 7) is 3.58. The molecule has 1 N–H and O–H groups in total. The van der Waals surface area contributed by atoms with Crippen molar-refractivity contribution >= 4 is 17.8 Å². The van der Waals surface area contributed by atoms with Crippen LogP contribution in [0.15, 0.2) is 23.2 Å². The van der Waals surface area contributed by atoms with Gasteiger partial charge >= 0.3 is 5.97 Å². The van der Waals surface area contributed by atoms with Gasteiger partial charge in [-0.05, 0) is 43.9 Å². The minimum atomic E-state index is -1.05. The number of methoxy groups -OCH3 is 2. The van der Waals surface area contributed by atoms with Crippen LogP contribution in [-0.2, 0) is 14.3 Å². The van der Waals surface area contributed by atoms with Gasteiger partial charge in [0.2, 0.25) is 11.9 Å². The molecule has 8 heteroatoms. The van der Waals surface area contributed by atoms with Crippen LogP contribution in [0.4, 0.5) is 0 Å². The van der Waals surface area contributed by atoms with Gasteiger partial charge in [0.25, 0.3) is 0 Å². The zero-order valence-corrected chi connectivity index (χ0v) is 16.6. The number of likely N-dealkylation sites (tertiary alicyclic amines) is 1. The molecule has 1 amide bonds. The molecule has 1 aromatic rings. The maximum atomic E-state index is 12.8. The van der Waals surface area contributed by atoms with Gasteiger partial charge in [-0.15, -0.1) is 0 Å². The van der Waals surface area contributed by atoms with Gasteiger partial charge in [0.05, 0.1) is 20.8 Å². The molecule has 0 saturated carbocycles. The molecule has 0 aromatic heterocycles. The van der Waals surface area contributed by atoms with E-state index in [4.69, 9.17) is 19.2 Å². The van der Waals surface area contributed by atoms with E-state index in [-0.39, 0.29) is 6.61 Å². The minimum Gasteiger partial charge on any atom is -0.493 e. The van der Waals surface area contributed by atoms with E-state index in [0.29, 0.717) is 23.0 Å². The molecule has 0 radical (unpaired) electrons. The second-order valence-electron chi connectivity index (χ2n) is 6.78. The number of benzene rings is 1. The van der Waals surface area contributed by atoms with E-state index in [1.165, 1.54) is 6.42 Å². The van der Waals surface area contributed by atoms with Crippen molar-refractivity contribution in [3.63, 3.8) is 0 Å². The van der Waals surface area contributed by atoms with Gasteiger partial charge in [-0.25, -0.2) is 4.99 Å². The van der Waals surface area contributed by atoms with Crippen LogP contribution in [-0.4, -0.2) is 56.7 Å². The Bertz CT molecular complexity index is 758. The number of rotatable bonds is 5. The van der Waals surface area contributed by atoms with Gasteiger partial charge in [0, 0.05) is 13.1 Å². The molecule has 3 rings (SSSR count). The molecule has 28 heavy (non-hydrogen) atoms. The Balaban J connectivity index is 2.01. The molecular weight excluding hydrogens is 362 g/mol. The molecule has 0 aliphatic carbocycles.